The maximum atomic E-state index is 12.4. The van der Waals surface area contributed by atoms with Crippen molar-refractivity contribution in [1.29, 1.82) is 0 Å². The van der Waals surface area contributed by atoms with Crippen LogP contribution in [-0.2, 0) is 11.3 Å². The van der Waals surface area contributed by atoms with E-state index >= 15 is 0 Å². The fourth-order valence-corrected chi connectivity index (χ4v) is 2.34. The van der Waals surface area contributed by atoms with E-state index in [0.717, 1.165) is 16.8 Å². The zero-order chi connectivity index (χ0) is 17.1. The standard InChI is InChI=1S/C18H19N5O/c1-13-7-9-15(10-8-13)18-19-21-23(20-18)12-17(24)22(3)16-6-4-5-14(2)11-16/h4-11H,12H2,1-3H3. The number of likely N-dealkylation sites (N-methyl/N-ethyl adjacent to an activating group) is 1. The van der Waals surface area contributed by atoms with Gasteiger partial charge < -0.3 is 4.90 Å². The van der Waals surface area contributed by atoms with Gasteiger partial charge in [0.2, 0.25) is 11.7 Å². The molecule has 3 aromatic rings. The number of benzene rings is 2. The molecule has 0 spiro atoms. The van der Waals surface area contributed by atoms with E-state index in [4.69, 9.17) is 0 Å². The molecule has 0 radical (unpaired) electrons. The predicted octanol–water partition coefficient (Wildman–Crippen LogP) is 2.62. The molecular weight excluding hydrogens is 302 g/mol. The SMILES string of the molecule is Cc1ccc(-c2nnn(CC(=O)N(C)c3cccc(C)c3)n2)cc1. The molecule has 0 aliphatic carbocycles. The van der Waals surface area contributed by atoms with E-state index in [1.807, 2.05) is 62.4 Å². The zero-order valence-corrected chi connectivity index (χ0v) is 14.0. The van der Waals surface area contributed by atoms with E-state index in [9.17, 15) is 4.79 Å². The lowest BCUT2D eigenvalue weighted by Crippen LogP contribution is -2.30. The number of carbonyl (C=O) groups excluding carboxylic acids is 1. The van der Waals surface area contributed by atoms with Crippen LogP contribution in [0.25, 0.3) is 11.4 Å². The Morgan fingerprint density at radius 2 is 1.83 bits per heavy atom. The van der Waals surface area contributed by atoms with Gasteiger partial charge in [0.15, 0.2) is 0 Å². The van der Waals surface area contributed by atoms with Crippen molar-refractivity contribution in [3.8, 4) is 11.4 Å². The molecule has 0 saturated heterocycles. The van der Waals surface area contributed by atoms with Crippen LogP contribution >= 0.6 is 0 Å². The van der Waals surface area contributed by atoms with Crippen molar-refractivity contribution in [2.24, 2.45) is 0 Å². The molecule has 0 fully saturated rings. The smallest absolute Gasteiger partial charge is 0.250 e. The molecule has 0 atom stereocenters. The van der Waals surface area contributed by atoms with Gasteiger partial charge in [-0.15, -0.1) is 10.2 Å². The average Bonchev–Trinajstić information content (AvgIpc) is 3.03. The molecule has 0 saturated carbocycles. The van der Waals surface area contributed by atoms with Gasteiger partial charge in [0.1, 0.15) is 6.54 Å². The minimum atomic E-state index is -0.103. The van der Waals surface area contributed by atoms with Crippen LogP contribution in [-0.4, -0.2) is 33.2 Å². The summed E-state index contributed by atoms with van der Waals surface area (Å²) in [7, 11) is 1.74. The van der Waals surface area contributed by atoms with Crippen molar-refractivity contribution < 1.29 is 4.79 Å². The lowest BCUT2D eigenvalue weighted by atomic mass is 10.1. The molecule has 1 heterocycles. The third-order valence-corrected chi connectivity index (χ3v) is 3.80. The molecule has 122 valence electrons. The summed E-state index contributed by atoms with van der Waals surface area (Å²) in [6.07, 6.45) is 0. The Hall–Kier alpha value is -3.02. The van der Waals surface area contributed by atoms with Crippen molar-refractivity contribution in [1.82, 2.24) is 20.2 Å². The Balaban J connectivity index is 1.72. The third kappa shape index (κ3) is 3.48. The number of hydrogen-bond acceptors (Lipinski definition) is 4. The maximum absolute atomic E-state index is 12.4. The highest BCUT2D eigenvalue weighted by Crippen LogP contribution is 2.16. The van der Waals surface area contributed by atoms with Gasteiger partial charge in [0, 0.05) is 18.3 Å². The molecule has 1 aromatic heterocycles. The number of anilines is 1. The minimum absolute atomic E-state index is 0.0449. The first kappa shape index (κ1) is 15.9. The van der Waals surface area contributed by atoms with Crippen molar-refractivity contribution in [3.63, 3.8) is 0 Å². The molecule has 0 aliphatic heterocycles. The van der Waals surface area contributed by atoms with E-state index in [-0.39, 0.29) is 12.5 Å². The second-order valence-electron chi connectivity index (χ2n) is 5.80. The number of hydrogen-bond donors (Lipinski definition) is 0. The summed E-state index contributed by atoms with van der Waals surface area (Å²) in [6.45, 7) is 4.06. The van der Waals surface area contributed by atoms with E-state index in [0.29, 0.717) is 5.82 Å². The first-order chi connectivity index (χ1) is 11.5. The van der Waals surface area contributed by atoms with Crippen molar-refractivity contribution in [2.75, 3.05) is 11.9 Å². The molecule has 24 heavy (non-hydrogen) atoms. The first-order valence-electron chi connectivity index (χ1n) is 7.71. The number of nitrogens with zero attached hydrogens (tertiary/aromatic N) is 5. The molecular formula is C18H19N5O. The summed E-state index contributed by atoms with van der Waals surface area (Å²) in [5.41, 5.74) is 4.00. The Labute approximate surface area is 140 Å². The largest absolute Gasteiger partial charge is 0.314 e. The van der Waals surface area contributed by atoms with Gasteiger partial charge in [-0.2, -0.15) is 4.80 Å². The molecule has 3 rings (SSSR count). The van der Waals surface area contributed by atoms with E-state index < -0.39 is 0 Å². The van der Waals surface area contributed by atoms with Gasteiger partial charge in [-0.1, -0.05) is 42.0 Å². The highest BCUT2D eigenvalue weighted by Gasteiger charge is 2.14. The topological polar surface area (TPSA) is 63.9 Å². The van der Waals surface area contributed by atoms with Crippen LogP contribution in [0, 0.1) is 13.8 Å². The maximum Gasteiger partial charge on any atom is 0.250 e. The highest BCUT2D eigenvalue weighted by molar-refractivity contribution is 5.92. The molecule has 2 aromatic carbocycles. The first-order valence-corrected chi connectivity index (χ1v) is 7.71. The second kappa shape index (κ2) is 6.62. The van der Waals surface area contributed by atoms with Crippen LogP contribution in [0.15, 0.2) is 48.5 Å². The van der Waals surface area contributed by atoms with Crippen LogP contribution in [0.5, 0.6) is 0 Å². The van der Waals surface area contributed by atoms with Crippen molar-refractivity contribution >= 4 is 11.6 Å². The quantitative estimate of drug-likeness (QED) is 0.741. The Morgan fingerprint density at radius 1 is 1.08 bits per heavy atom. The van der Waals surface area contributed by atoms with Gasteiger partial charge in [0.25, 0.3) is 0 Å². The summed E-state index contributed by atoms with van der Waals surface area (Å²) in [4.78, 5) is 15.3. The van der Waals surface area contributed by atoms with Gasteiger partial charge in [-0.3, -0.25) is 4.79 Å². The van der Waals surface area contributed by atoms with Gasteiger partial charge in [-0.05, 0) is 36.8 Å². The van der Waals surface area contributed by atoms with Crippen molar-refractivity contribution in [3.05, 3.63) is 59.7 Å². The summed E-state index contributed by atoms with van der Waals surface area (Å²) in [6, 6.07) is 15.7. The third-order valence-electron chi connectivity index (χ3n) is 3.80. The van der Waals surface area contributed by atoms with E-state index in [1.165, 1.54) is 10.4 Å². The molecule has 0 bridgehead atoms. The highest BCUT2D eigenvalue weighted by atomic mass is 16.2. The Morgan fingerprint density at radius 3 is 2.54 bits per heavy atom. The van der Waals surface area contributed by atoms with Gasteiger partial charge in [0.05, 0.1) is 0 Å². The number of amides is 1. The molecule has 0 unspecified atom stereocenters. The fraction of sp³-hybridized carbons (Fsp3) is 0.222. The Bertz CT molecular complexity index is 854. The van der Waals surface area contributed by atoms with E-state index in [2.05, 4.69) is 15.4 Å². The fourth-order valence-electron chi connectivity index (χ4n) is 2.34. The summed E-state index contributed by atoms with van der Waals surface area (Å²) in [5.74, 6) is 0.412. The van der Waals surface area contributed by atoms with Gasteiger partial charge >= 0.3 is 0 Å². The summed E-state index contributed by atoms with van der Waals surface area (Å²) < 4.78 is 0. The van der Waals surface area contributed by atoms with Crippen LogP contribution in [0.1, 0.15) is 11.1 Å². The van der Waals surface area contributed by atoms with Crippen LogP contribution in [0.2, 0.25) is 0 Å². The zero-order valence-electron chi connectivity index (χ0n) is 14.0. The number of tetrazole rings is 1. The van der Waals surface area contributed by atoms with Crippen LogP contribution in [0.4, 0.5) is 5.69 Å². The second-order valence-corrected chi connectivity index (χ2v) is 5.80. The molecule has 0 N–H and O–H groups in total. The Kier molecular flexibility index (Phi) is 4.37. The van der Waals surface area contributed by atoms with Crippen LogP contribution < -0.4 is 4.90 Å². The lowest BCUT2D eigenvalue weighted by molar-refractivity contribution is -0.119. The predicted molar refractivity (Wildman–Crippen MR) is 92.6 cm³/mol. The monoisotopic (exact) mass is 321 g/mol. The number of carbonyl (C=O) groups is 1. The molecule has 1 amide bonds. The lowest BCUT2D eigenvalue weighted by Gasteiger charge is -2.17. The molecule has 6 heteroatoms. The molecule has 0 aliphatic rings. The van der Waals surface area contributed by atoms with Crippen LogP contribution in [0.3, 0.4) is 0 Å². The summed E-state index contributed by atoms with van der Waals surface area (Å²) in [5, 5.41) is 12.3. The van der Waals surface area contributed by atoms with Crippen molar-refractivity contribution in [2.45, 2.75) is 20.4 Å². The summed E-state index contributed by atoms with van der Waals surface area (Å²) >= 11 is 0. The number of aromatic nitrogens is 4. The number of rotatable bonds is 4. The normalized spacial score (nSPS) is 10.6. The average molecular weight is 321 g/mol. The minimum Gasteiger partial charge on any atom is -0.314 e. The number of aryl methyl sites for hydroxylation is 2. The van der Waals surface area contributed by atoms with E-state index in [1.54, 1.807) is 11.9 Å². The molecule has 6 nitrogen and oxygen atoms in total. The van der Waals surface area contributed by atoms with Gasteiger partial charge in [-0.25, -0.2) is 0 Å².